The van der Waals surface area contributed by atoms with Crippen molar-refractivity contribution in [3.63, 3.8) is 0 Å². The van der Waals surface area contributed by atoms with Gasteiger partial charge in [-0.05, 0) is 31.0 Å². The number of hydrogen-bond acceptors (Lipinski definition) is 5. The van der Waals surface area contributed by atoms with E-state index in [1.54, 1.807) is 17.0 Å². The van der Waals surface area contributed by atoms with Crippen molar-refractivity contribution >= 4 is 5.91 Å². The van der Waals surface area contributed by atoms with Crippen molar-refractivity contribution in [1.29, 1.82) is 0 Å². The van der Waals surface area contributed by atoms with Gasteiger partial charge in [0.1, 0.15) is 11.6 Å². The second kappa shape index (κ2) is 7.49. The second-order valence-corrected chi connectivity index (χ2v) is 6.42. The number of likely N-dealkylation sites (tertiary alicyclic amines) is 1. The molecule has 1 aliphatic heterocycles. The molecule has 1 amide bonds. The van der Waals surface area contributed by atoms with Crippen molar-refractivity contribution < 1.29 is 13.9 Å². The van der Waals surface area contributed by atoms with Gasteiger partial charge in [0.25, 0.3) is 17.4 Å². The average molecular weight is 365 g/mol. The molecule has 7 heteroatoms. The van der Waals surface area contributed by atoms with E-state index >= 15 is 0 Å². The first-order valence-corrected chi connectivity index (χ1v) is 8.86. The standard InChI is InChI=1S/C20H19N3O4/c24-17-8-11-21-19(22-17)14-9-12-23(13-10-14)20(25)16-6-7-18(27-16)26-15-4-2-1-3-5-15/h1-8,11,14H,9-10,12-13H2,(H,21,22,24). The van der Waals surface area contributed by atoms with E-state index in [2.05, 4.69) is 9.97 Å². The van der Waals surface area contributed by atoms with E-state index in [1.807, 2.05) is 30.3 Å². The van der Waals surface area contributed by atoms with Crippen LogP contribution in [0, 0.1) is 0 Å². The number of rotatable bonds is 4. The Morgan fingerprint density at radius 2 is 1.89 bits per heavy atom. The zero-order valence-corrected chi connectivity index (χ0v) is 14.6. The van der Waals surface area contributed by atoms with Crippen molar-refractivity contribution in [2.24, 2.45) is 0 Å². The van der Waals surface area contributed by atoms with E-state index in [0.717, 1.165) is 12.8 Å². The van der Waals surface area contributed by atoms with Gasteiger partial charge in [-0.2, -0.15) is 0 Å². The SMILES string of the molecule is O=C(c1ccc(Oc2ccccc2)o1)N1CCC(c2nccc(=O)[nH]2)CC1. The van der Waals surface area contributed by atoms with Gasteiger partial charge in [-0.25, -0.2) is 4.98 Å². The average Bonchev–Trinajstić information content (AvgIpc) is 3.17. The Bertz CT molecular complexity index is 972. The van der Waals surface area contributed by atoms with Crippen molar-refractivity contribution in [2.45, 2.75) is 18.8 Å². The first kappa shape index (κ1) is 17.1. The molecule has 1 aromatic carbocycles. The maximum atomic E-state index is 12.7. The third-order valence-electron chi connectivity index (χ3n) is 4.61. The molecule has 1 N–H and O–H groups in total. The van der Waals surface area contributed by atoms with Crippen molar-refractivity contribution in [3.8, 4) is 11.7 Å². The number of aromatic amines is 1. The summed E-state index contributed by atoms with van der Waals surface area (Å²) in [4.78, 5) is 32.9. The number of H-pyrrole nitrogens is 1. The molecule has 0 atom stereocenters. The van der Waals surface area contributed by atoms with Gasteiger partial charge in [0, 0.05) is 37.3 Å². The summed E-state index contributed by atoms with van der Waals surface area (Å²) >= 11 is 0. The van der Waals surface area contributed by atoms with Gasteiger partial charge in [0.2, 0.25) is 0 Å². The summed E-state index contributed by atoms with van der Waals surface area (Å²) in [6, 6.07) is 13.9. The lowest BCUT2D eigenvalue weighted by Crippen LogP contribution is -2.38. The van der Waals surface area contributed by atoms with Crippen molar-refractivity contribution in [1.82, 2.24) is 14.9 Å². The number of carbonyl (C=O) groups excluding carboxylic acids is 1. The van der Waals surface area contributed by atoms with Gasteiger partial charge in [-0.15, -0.1) is 0 Å². The van der Waals surface area contributed by atoms with E-state index < -0.39 is 0 Å². The highest BCUT2D eigenvalue weighted by Crippen LogP contribution is 2.28. The molecule has 1 fully saturated rings. The third kappa shape index (κ3) is 3.92. The molecule has 138 valence electrons. The summed E-state index contributed by atoms with van der Waals surface area (Å²) < 4.78 is 11.2. The molecule has 0 aliphatic carbocycles. The molecule has 2 aromatic heterocycles. The van der Waals surface area contributed by atoms with Gasteiger partial charge < -0.3 is 19.0 Å². The van der Waals surface area contributed by atoms with Crippen molar-refractivity contribution in [3.05, 3.63) is 76.7 Å². The number of nitrogens with one attached hydrogen (secondary N) is 1. The van der Waals surface area contributed by atoms with Gasteiger partial charge in [-0.3, -0.25) is 9.59 Å². The highest BCUT2D eigenvalue weighted by atomic mass is 16.6. The minimum atomic E-state index is -0.161. The number of para-hydroxylation sites is 1. The molecule has 1 aliphatic rings. The van der Waals surface area contributed by atoms with Crippen LogP contribution in [-0.2, 0) is 0 Å². The van der Waals surface area contributed by atoms with Crippen LogP contribution in [0.25, 0.3) is 0 Å². The molecule has 7 nitrogen and oxygen atoms in total. The number of furan rings is 1. The van der Waals surface area contributed by atoms with Gasteiger partial charge in [-0.1, -0.05) is 18.2 Å². The third-order valence-corrected chi connectivity index (χ3v) is 4.61. The van der Waals surface area contributed by atoms with Crippen LogP contribution in [0.15, 0.2) is 63.9 Å². The van der Waals surface area contributed by atoms with Gasteiger partial charge >= 0.3 is 0 Å². The maximum absolute atomic E-state index is 12.7. The topological polar surface area (TPSA) is 88.4 Å². The molecule has 0 saturated carbocycles. The lowest BCUT2D eigenvalue weighted by Gasteiger charge is -2.30. The molecule has 0 spiro atoms. The summed E-state index contributed by atoms with van der Waals surface area (Å²) in [5, 5.41) is 0. The van der Waals surface area contributed by atoms with Gasteiger partial charge in [0.15, 0.2) is 5.76 Å². The van der Waals surface area contributed by atoms with E-state index in [-0.39, 0.29) is 29.1 Å². The lowest BCUT2D eigenvalue weighted by atomic mass is 9.96. The fourth-order valence-corrected chi connectivity index (χ4v) is 3.20. The fourth-order valence-electron chi connectivity index (χ4n) is 3.20. The minimum absolute atomic E-state index is 0.150. The largest absolute Gasteiger partial charge is 0.426 e. The normalized spacial score (nSPS) is 14.9. The predicted molar refractivity (Wildman–Crippen MR) is 98.0 cm³/mol. The number of amides is 1. The molecular formula is C20H19N3O4. The summed E-state index contributed by atoms with van der Waals surface area (Å²) in [6.45, 7) is 1.16. The monoisotopic (exact) mass is 365 g/mol. The fraction of sp³-hybridized carbons (Fsp3) is 0.250. The number of piperidine rings is 1. The number of benzene rings is 1. The Morgan fingerprint density at radius 1 is 1.11 bits per heavy atom. The first-order valence-electron chi connectivity index (χ1n) is 8.86. The quantitative estimate of drug-likeness (QED) is 0.767. The molecule has 4 rings (SSSR count). The zero-order chi connectivity index (χ0) is 18.6. The Kier molecular flexibility index (Phi) is 4.74. The number of hydrogen-bond donors (Lipinski definition) is 1. The van der Waals surface area contributed by atoms with Crippen LogP contribution >= 0.6 is 0 Å². The predicted octanol–water partition coefficient (Wildman–Crippen LogP) is 3.18. The Hall–Kier alpha value is -3.35. The highest BCUT2D eigenvalue weighted by molar-refractivity contribution is 5.91. The Balaban J connectivity index is 1.37. The molecule has 3 aromatic rings. The Labute approximate surface area is 155 Å². The second-order valence-electron chi connectivity index (χ2n) is 6.42. The molecule has 0 unspecified atom stereocenters. The van der Waals surface area contributed by atoms with E-state index in [0.29, 0.717) is 24.7 Å². The molecular weight excluding hydrogens is 346 g/mol. The summed E-state index contributed by atoms with van der Waals surface area (Å²) in [5.41, 5.74) is -0.153. The van der Waals surface area contributed by atoms with E-state index in [9.17, 15) is 9.59 Å². The number of ether oxygens (including phenoxy) is 1. The number of carbonyl (C=O) groups is 1. The molecule has 3 heterocycles. The number of nitrogens with zero attached hydrogens (tertiary/aromatic N) is 2. The summed E-state index contributed by atoms with van der Waals surface area (Å²) in [7, 11) is 0. The molecule has 1 saturated heterocycles. The van der Waals surface area contributed by atoms with Crippen LogP contribution in [-0.4, -0.2) is 33.9 Å². The van der Waals surface area contributed by atoms with Crippen molar-refractivity contribution in [2.75, 3.05) is 13.1 Å². The highest BCUT2D eigenvalue weighted by Gasteiger charge is 2.27. The van der Waals surface area contributed by atoms with E-state index in [1.165, 1.54) is 12.3 Å². The number of aromatic nitrogens is 2. The van der Waals surface area contributed by atoms with Crippen LogP contribution in [0.2, 0.25) is 0 Å². The van der Waals surface area contributed by atoms with Crippen LogP contribution in [0.3, 0.4) is 0 Å². The van der Waals surface area contributed by atoms with Crippen LogP contribution < -0.4 is 10.3 Å². The Morgan fingerprint density at radius 3 is 2.63 bits per heavy atom. The molecule has 0 radical (unpaired) electrons. The molecule has 27 heavy (non-hydrogen) atoms. The first-order chi connectivity index (χ1) is 13.2. The van der Waals surface area contributed by atoms with Crippen LogP contribution in [0.1, 0.15) is 35.1 Å². The van der Waals surface area contributed by atoms with Gasteiger partial charge in [0.05, 0.1) is 0 Å². The smallest absolute Gasteiger partial charge is 0.290 e. The molecule has 0 bridgehead atoms. The van der Waals surface area contributed by atoms with E-state index in [4.69, 9.17) is 9.15 Å². The zero-order valence-electron chi connectivity index (χ0n) is 14.6. The minimum Gasteiger partial charge on any atom is -0.426 e. The van der Waals surface area contributed by atoms with Crippen LogP contribution in [0.4, 0.5) is 0 Å². The maximum Gasteiger partial charge on any atom is 0.290 e. The summed E-state index contributed by atoms with van der Waals surface area (Å²) in [6.07, 6.45) is 3.00. The van der Waals surface area contributed by atoms with Crippen LogP contribution in [0.5, 0.6) is 11.7 Å². The lowest BCUT2D eigenvalue weighted by molar-refractivity contribution is 0.0674. The summed E-state index contributed by atoms with van der Waals surface area (Å²) in [5.74, 6) is 1.86.